The van der Waals surface area contributed by atoms with E-state index in [1.807, 2.05) is 6.07 Å². The predicted octanol–water partition coefficient (Wildman–Crippen LogP) is 3.03. The smallest absolute Gasteiger partial charge is 0.337 e. The van der Waals surface area contributed by atoms with Gasteiger partial charge in [0.2, 0.25) is 0 Å². The number of carboxylic acid groups (broad SMARTS) is 1. The third kappa shape index (κ3) is 2.77. The van der Waals surface area contributed by atoms with Crippen molar-refractivity contribution in [3.05, 3.63) is 52.8 Å². The Balaban J connectivity index is 2.50. The van der Waals surface area contributed by atoms with Crippen LogP contribution < -0.4 is 11.1 Å². The Morgan fingerprint density at radius 1 is 1.38 bits per heavy atom. The van der Waals surface area contributed by atoms with Crippen molar-refractivity contribution in [3.63, 3.8) is 0 Å². The molecule has 0 radical (unpaired) electrons. The second-order valence-electron chi connectivity index (χ2n) is 4.46. The van der Waals surface area contributed by atoms with Gasteiger partial charge in [0.15, 0.2) is 0 Å². The molecule has 0 atom stereocenters. The maximum atomic E-state index is 13.9. The zero-order valence-corrected chi connectivity index (χ0v) is 11.1. The van der Waals surface area contributed by atoms with Crippen LogP contribution in [0.2, 0.25) is 0 Å². The number of nitriles is 1. The topological polar surface area (TPSA) is 99.1 Å². The number of hydrogen-bond acceptors (Lipinski definition) is 4. The van der Waals surface area contributed by atoms with Crippen molar-refractivity contribution < 1.29 is 14.3 Å². The molecule has 0 spiro atoms. The number of carbonyl (C=O) groups is 1. The van der Waals surface area contributed by atoms with Crippen molar-refractivity contribution >= 4 is 23.0 Å². The number of nitrogens with two attached hydrogens (primary N) is 1. The van der Waals surface area contributed by atoms with Crippen molar-refractivity contribution in [2.75, 3.05) is 11.1 Å². The molecule has 0 saturated carbocycles. The van der Waals surface area contributed by atoms with Gasteiger partial charge in [-0.1, -0.05) is 12.1 Å². The summed E-state index contributed by atoms with van der Waals surface area (Å²) in [5, 5.41) is 20.9. The Bertz CT molecular complexity index is 766. The number of nitrogen functional groups attached to an aromatic ring is 1. The van der Waals surface area contributed by atoms with E-state index in [1.54, 1.807) is 25.1 Å². The van der Waals surface area contributed by atoms with Crippen LogP contribution in [0.4, 0.5) is 21.5 Å². The number of nitrogens with zero attached hydrogens (tertiary/aromatic N) is 1. The molecule has 21 heavy (non-hydrogen) atoms. The molecule has 2 aromatic carbocycles. The van der Waals surface area contributed by atoms with Crippen LogP contribution in [-0.4, -0.2) is 11.1 Å². The van der Waals surface area contributed by atoms with Gasteiger partial charge in [0.25, 0.3) is 0 Å². The maximum absolute atomic E-state index is 13.9. The van der Waals surface area contributed by atoms with E-state index >= 15 is 0 Å². The lowest BCUT2D eigenvalue weighted by atomic mass is 10.1. The average Bonchev–Trinajstić information content (AvgIpc) is 2.41. The van der Waals surface area contributed by atoms with Crippen molar-refractivity contribution in [3.8, 4) is 6.07 Å². The highest BCUT2D eigenvalue weighted by molar-refractivity contribution is 5.95. The Morgan fingerprint density at radius 2 is 2.10 bits per heavy atom. The number of aryl methyl sites for hydroxylation is 1. The van der Waals surface area contributed by atoms with Gasteiger partial charge >= 0.3 is 5.97 Å². The number of halogens is 1. The largest absolute Gasteiger partial charge is 0.478 e. The fourth-order valence-corrected chi connectivity index (χ4v) is 1.94. The summed E-state index contributed by atoms with van der Waals surface area (Å²) < 4.78 is 13.9. The summed E-state index contributed by atoms with van der Waals surface area (Å²) in [4.78, 5) is 11.0. The molecule has 0 aliphatic heterocycles. The van der Waals surface area contributed by atoms with Gasteiger partial charge in [0.05, 0.1) is 22.5 Å². The van der Waals surface area contributed by atoms with E-state index in [0.29, 0.717) is 11.3 Å². The normalized spacial score (nSPS) is 9.95. The molecule has 0 amide bonds. The predicted molar refractivity (Wildman–Crippen MR) is 76.9 cm³/mol. The van der Waals surface area contributed by atoms with Crippen LogP contribution >= 0.6 is 0 Å². The van der Waals surface area contributed by atoms with Crippen LogP contribution in [0.3, 0.4) is 0 Å². The van der Waals surface area contributed by atoms with E-state index in [9.17, 15) is 9.18 Å². The van der Waals surface area contributed by atoms with Gasteiger partial charge in [-0.3, -0.25) is 0 Å². The standard InChI is InChI=1S/C15H12FN3O2/c1-8-3-2-4-13(10(8)7-17)19-14-5-9(15(20)21)12(18)6-11(14)16/h2-6,19H,18H2,1H3,(H,20,21). The minimum Gasteiger partial charge on any atom is -0.478 e. The summed E-state index contributed by atoms with van der Waals surface area (Å²) in [6.07, 6.45) is 0. The highest BCUT2D eigenvalue weighted by Gasteiger charge is 2.14. The Hall–Kier alpha value is -3.07. The van der Waals surface area contributed by atoms with Crippen molar-refractivity contribution in [1.29, 1.82) is 5.26 Å². The lowest BCUT2D eigenvalue weighted by Crippen LogP contribution is -2.06. The molecule has 0 unspecified atom stereocenters. The minimum atomic E-state index is -1.25. The second kappa shape index (κ2) is 5.51. The molecule has 0 aromatic heterocycles. The number of nitrogens with one attached hydrogen (secondary N) is 1. The summed E-state index contributed by atoms with van der Waals surface area (Å²) >= 11 is 0. The Labute approximate surface area is 120 Å². The number of anilines is 3. The van der Waals surface area contributed by atoms with Crippen LogP contribution in [0.1, 0.15) is 21.5 Å². The van der Waals surface area contributed by atoms with Gasteiger partial charge in [-0.15, -0.1) is 0 Å². The summed E-state index contributed by atoms with van der Waals surface area (Å²) in [5.74, 6) is -1.94. The van der Waals surface area contributed by atoms with E-state index in [4.69, 9.17) is 16.1 Å². The molecule has 4 N–H and O–H groups in total. The summed E-state index contributed by atoms with van der Waals surface area (Å²) in [6.45, 7) is 1.76. The van der Waals surface area contributed by atoms with E-state index in [1.165, 1.54) is 0 Å². The van der Waals surface area contributed by atoms with Crippen LogP contribution in [0.15, 0.2) is 30.3 Å². The average molecular weight is 285 g/mol. The first-order valence-corrected chi connectivity index (χ1v) is 6.03. The Kier molecular flexibility index (Phi) is 3.76. The van der Waals surface area contributed by atoms with Gasteiger partial charge in [0, 0.05) is 5.69 Å². The molecule has 0 saturated heterocycles. The summed E-state index contributed by atoms with van der Waals surface area (Å²) in [6, 6.07) is 9.15. The molecule has 5 nitrogen and oxygen atoms in total. The van der Waals surface area contributed by atoms with Crippen LogP contribution in [0.25, 0.3) is 0 Å². The highest BCUT2D eigenvalue weighted by atomic mass is 19.1. The number of carboxylic acids is 1. The van der Waals surface area contributed by atoms with Gasteiger partial charge in [0.1, 0.15) is 11.9 Å². The first-order chi connectivity index (χ1) is 9.93. The number of rotatable bonds is 3. The van der Waals surface area contributed by atoms with Gasteiger partial charge < -0.3 is 16.2 Å². The quantitative estimate of drug-likeness (QED) is 0.753. The molecule has 106 valence electrons. The third-order valence-electron chi connectivity index (χ3n) is 3.02. The van der Waals surface area contributed by atoms with Crippen molar-refractivity contribution in [2.24, 2.45) is 0 Å². The number of benzene rings is 2. The summed E-state index contributed by atoms with van der Waals surface area (Å²) in [5.41, 5.74) is 6.55. The molecular formula is C15H12FN3O2. The monoisotopic (exact) mass is 285 g/mol. The highest BCUT2D eigenvalue weighted by Crippen LogP contribution is 2.28. The lowest BCUT2D eigenvalue weighted by Gasteiger charge is -2.12. The molecule has 2 aromatic rings. The Morgan fingerprint density at radius 3 is 2.71 bits per heavy atom. The fraction of sp³-hybridized carbons (Fsp3) is 0.0667. The maximum Gasteiger partial charge on any atom is 0.337 e. The number of hydrogen-bond donors (Lipinski definition) is 3. The van der Waals surface area contributed by atoms with Gasteiger partial charge in [-0.25, -0.2) is 9.18 Å². The van der Waals surface area contributed by atoms with E-state index in [2.05, 4.69) is 5.32 Å². The molecule has 0 aliphatic carbocycles. The third-order valence-corrected chi connectivity index (χ3v) is 3.02. The molecule has 0 fully saturated rings. The molecule has 2 rings (SSSR count). The number of aromatic carboxylic acids is 1. The summed E-state index contributed by atoms with van der Waals surface area (Å²) in [7, 11) is 0. The van der Waals surface area contributed by atoms with Crippen molar-refractivity contribution in [1.82, 2.24) is 0 Å². The zero-order valence-electron chi connectivity index (χ0n) is 11.1. The lowest BCUT2D eigenvalue weighted by molar-refractivity contribution is 0.0698. The van der Waals surface area contributed by atoms with E-state index < -0.39 is 11.8 Å². The van der Waals surface area contributed by atoms with Gasteiger partial charge in [-0.05, 0) is 30.7 Å². The first-order valence-electron chi connectivity index (χ1n) is 6.03. The van der Waals surface area contributed by atoms with Crippen LogP contribution in [-0.2, 0) is 0 Å². The van der Waals surface area contributed by atoms with E-state index in [0.717, 1.165) is 17.7 Å². The van der Waals surface area contributed by atoms with Crippen molar-refractivity contribution in [2.45, 2.75) is 6.92 Å². The zero-order chi connectivity index (χ0) is 15.6. The van der Waals surface area contributed by atoms with Crippen LogP contribution in [0.5, 0.6) is 0 Å². The molecule has 0 bridgehead atoms. The minimum absolute atomic E-state index is 0.0521. The second-order valence-corrected chi connectivity index (χ2v) is 4.46. The fourth-order valence-electron chi connectivity index (χ4n) is 1.94. The SMILES string of the molecule is Cc1cccc(Nc2cc(C(=O)O)c(N)cc2F)c1C#N. The van der Waals surface area contributed by atoms with Crippen LogP contribution in [0, 0.1) is 24.1 Å². The molecule has 6 heteroatoms. The molecular weight excluding hydrogens is 273 g/mol. The van der Waals surface area contributed by atoms with Gasteiger partial charge in [-0.2, -0.15) is 5.26 Å². The molecule has 0 aliphatic rings. The first kappa shape index (κ1) is 14.3. The molecule has 0 heterocycles. The van der Waals surface area contributed by atoms with E-state index in [-0.39, 0.29) is 16.9 Å².